The topological polar surface area (TPSA) is 118 Å². The molecule has 1 aliphatic rings. The number of nitrogens with zero attached hydrogens (tertiary/aromatic N) is 5. The number of aromatic nitrogens is 4. The van der Waals surface area contributed by atoms with E-state index in [1.807, 2.05) is 13.0 Å². The molecule has 2 N–H and O–H groups in total. The zero-order valence-electron chi connectivity index (χ0n) is 22.9. The second-order valence-electron chi connectivity index (χ2n) is 11.6. The van der Waals surface area contributed by atoms with Gasteiger partial charge in [0.1, 0.15) is 18.1 Å². The molecule has 0 saturated carbocycles. The van der Waals surface area contributed by atoms with E-state index in [-0.39, 0.29) is 22.0 Å². The fraction of sp³-hybridized carbons (Fsp3) is 0.444. The molecule has 1 atom stereocenters. The van der Waals surface area contributed by atoms with Crippen molar-refractivity contribution in [2.75, 3.05) is 23.8 Å². The van der Waals surface area contributed by atoms with E-state index < -0.39 is 8.32 Å². The number of fused-ring (bicyclic) bond motifs is 1. The number of aryl methyl sites for hydroxylation is 2. The molecule has 3 heterocycles. The van der Waals surface area contributed by atoms with Crippen LogP contribution in [0.2, 0.25) is 18.1 Å². The lowest BCUT2D eigenvalue weighted by Gasteiger charge is -2.39. The standard InChI is InChI=1S/C27H35N7O2Si/c1-17-9-21(24(35)34(6)13-17)32-25-31-16-30-23(33-25)18-10-19(12-28)22-20(11-18)27(5,14-29-22)15-36-37(7,8)26(2,3)4/h9-11,13,16,29H,14-15H2,1-8H3,(H,30,31,32,33)/t27-/m1/s1. The summed E-state index contributed by atoms with van der Waals surface area (Å²) in [5.74, 6) is 0.676. The number of nitrogens with one attached hydrogen (secondary N) is 2. The van der Waals surface area contributed by atoms with Gasteiger partial charge >= 0.3 is 0 Å². The first-order chi connectivity index (χ1) is 17.2. The summed E-state index contributed by atoms with van der Waals surface area (Å²) in [5.41, 5.74) is 3.92. The monoisotopic (exact) mass is 517 g/mol. The number of hydrogen-bond acceptors (Lipinski definition) is 8. The summed E-state index contributed by atoms with van der Waals surface area (Å²) in [5, 5.41) is 16.5. The summed E-state index contributed by atoms with van der Waals surface area (Å²) in [6.07, 6.45) is 3.17. The molecule has 37 heavy (non-hydrogen) atoms. The van der Waals surface area contributed by atoms with Crippen LogP contribution in [0.15, 0.2) is 35.5 Å². The number of pyridine rings is 1. The summed E-state index contributed by atoms with van der Waals surface area (Å²) < 4.78 is 8.12. The number of anilines is 3. The number of rotatable bonds is 6. The Morgan fingerprint density at radius 3 is 2.68 bits per heavy atom. The first kappa shape index (κ1) is 26.5. The third-order valence-corrected chi connectivity index (χ3v) is 12.0. The molecule has 1 aromatic carbocycles. The molecule has 9 nitrogen and oxygen atoms in total. The second-order valence-corrected chi connectivity index (χ2v) is 16.4. The minimum atomic E-state index is -1.96. The maximum Gasteiger partial charge on any atom is 0.274 e. The highest BCUT2D eigenvalue weighted by Gasteiger charge is 2.42. The molecule has 0 bridgehead atoms. The quantitative estimate of drug-likeness (QED) is 0.445. The van der Waals surface area contributed by atoms with Crippen molar-refractivity contribution in [3.05, 3.63) is 57.8 Å². The molecule has 1 aliphatic heterocycles. The number of benzene rings is 1. The van der Waals surface area contributed by atoms with Crippen molar-refractivity contribution in [1.82, 2.24) is 19.5 Å². The Hall–Kier alpha value is -3.55. The minimum absolute atomic E-state index is 0.102. The van der Waals surface area contributed by atoms with Gasteiger partial charge in [-0.15, -0.1) is 0 Å². The highest BCUT2D eigenvalue weighted by molar-refractivity contribution is 6.74. The minimum Gasteiger partial charge on any atom is -0.416 e. The average Bonchev–Trinajstić information content (AvgIpc) is 3.17. The predicted molar refractivity (Wildman–Crippen MR) is 149 cm³/mol. The van der Waals surface area contributed by atoms with Gasteiger partial charge in [0.25, 0.3) is 5.56 Å². The maximum atomic E-state index is 12.5. The van der Waals surface area contributed by atoms with Crippen LogP contribution >= 0.6 is 0 Å². The third kappa shape index (κ3) is 5.15. The summed E-state index contributed by atoms with van der Waals surface area (Å²) in [6, 6.07) is 7.91. The Labute approximate surface area is 219 Å². The largest absolute Gasteiger partial charge is 0.416 e. The Kier molecular flexibility index (Phi) is 6.73. The molecule has 194 valence electrons. The van der Waals surface area contributed by atoms with Crippen LogP contribution in [0, 0.1) is 18.3 Å². The zero-order chi connectivity index (χ0) is 27.2. The molecule has 0 radical (unpaired) electrons. The van der Waals surface area contributed by atoms with E-state index in [0.717, 1.165) is 16.8 Å². The van der Waals surface area contributed by atoms with Gasteiger partial charge in [-0.3, -0.25) is 4.79 Å². The molecule has 0 unspecified atom stereocenters. The number of nitriles is 1. The van der Waals surface area contributed by atoms with Crippen molar-refractivity contribution in [3.8, 4) is 17.5 Å². The van der Waals surface area contributed by atoms with Gasteiger partial charge in [0.05, 0.1) is 11.3 Å². The summed E-state index contributed by atoms with van der Waals surface area (Å²) in [6.45, 7) is 16.5. The van der Waals surface area contributed by atoms with Crippen LogP contribution < -0.4 is 16.2 Å². The molecule has 0 fully saturated rings. The maximum absolute atomic E-state index is 12.5. The van der Waals surface area contributed by atoms with Gasteiger partial charge in [-0.1, -0.05) is 27.7 Å². The second kappa shape index (κ2) is 9.39. The highest BCUT2D eigenvalue weighted by atomic mass is 28.4. The molecular formula is C27H35N7O2Si. The van der Waals surface area contributed by atoms with Crippen LogP contribution in [0.25, 0.3) is 11.4 Å². The number of hydrogen-bond donors (Lipinski definition) is 2. The molecule has 0 aliphatic carbocycles. The van der Waals surface area contributed by atoms with Gasteiger partial charge in [-0.25, -0.2) is 9.97 Å². The van der Waals surface area contributed by atoms with Crippen molar-refractivity contribution in [3.63, 3.8) is 0 Å². The van der Waals surface area contributed by atoms with Gasteiger partial charge < -0.3 is 19.6 Å². The van der Waals surface area contributed by atoms with Crippen molar-refractivity contribution in [1.29, 1.82) is 5.26 Å². The molecule has 4 rings (SSSR count). The van der Waals surface area contributed by atoms with Crippen molar-refractivity contribution >= 4 is 25.6 Å². The first-order valence-electron chi connectivity index (χ1n) is 12.3. The predicted octanol–water partition coefficient (Wildman–Crippen LogP) is 4.87. The van der Waals surface area contributed by atoms with Gasteiger partial charge in [0.15, 0.2) is 14.1 Å². The van der Waals surface area contributed by atoms with E-state index in [4.69, 9.17) is 4.43 Å². The van der Waals surface area contributed by atoms with Crippen LogP contribution in [0.5, 0.6) is 0 Å². The van der Waals surface area contributed by atoms with E-state index in [2.05, 4.69) is 72.4 Å². The SMILES string of the molecule is Cc1cc(Nc2ncnc(-c3cc(C#N)c4c(c3)[C@@](C)(CO[Si](C)(C)C(C)(C)C)CN4)n2)c(=O)n(C)c1. The van der Waals surface area contributed by atoms with E-state index in [9.17, 15) is 10.1 Å². The van der Waals surface area contributed by atoms with Crippen LogP contribution in [-0.4, -0.2) is 41.0 Å². The Balaban J connectivity index is 1.70. The van der Waals surface area contributed by atoms with E-state index >= 15 is 0 Å². The van der Waals surface area contributed by atoms with Crippen molar-refractivity contribution in [2.45, 2.75) is 58.2 Å². The molecular weight excluding hydrogens is 482 g/mol. The van der Waals surface area contributed by atoms with Gasteiger partial charge in [0, 0.05) is 37.4 Å². The summed E-state index contributed by atoms with van der Waals surface area (Å²) in [4.78, 5) is 25.7. The zero-order valence-corrected chi connectivity index (χ0v) is 23.9. The van der Waals surface area contributed by atoms with Crippen molar-refractivity contribution < 1.29 is 4.43 Å². The lowest BCUT2D eigenvalue weighted by molar-refractivity contribution is 0.220. The van der Waals surface area contributed by atoms with Gasteiger partial charge in [-0.2, -0.15) is 10.2 Å². The lowest BCUT2D eigenvalue weighted by Crippen LogP contribution is -2.45. The molecule has 3 aromatic rings. The van der Waals surface area contributed by atoms with Gasteiger partial charge in [0.2, 0.25) is 5.95 Å². The van der Waals surface area contributed by atoms with Gasteiger partial charge in [-0.05, 0) is 54.4 Å². The Morgan fingerprint density at radius 1 is 1.27 bits per heavy atom. The fourth-order valence-corrected chi connectivity index (χ4v) is 5.29. The average molecular weight is 518 g/mol. The van der Waals surface area contributed by atoms with E-state index in [1.54, 1.807) is 25.4 Å². The fourth-order valence-electron chi connectivity index (χ4n) is 4.18. The molecule has 0 amide bonds. The van der Waals surface area contributed by atoms with Crippen LogP contribution in [-0.2, 0) is 16.9 Å². The summed E-state index contributed by atoms with van der Waals surface area (Å²) in [7, 11) is -0.257. The Morgan fingerprint density at radius 2 is 2.00 bits per heavy atom. The lowest BCUT2D eigenvalue weighted by atomic mass is 9.83. The van der Waals surface area contributed by atoms with E-state index in [0.29, 0.717) is 35.8 Å². The third-order valence-electron chi connectivity index (χ3n) is 7.52. The molecule has 0 saturated heterocycles. The molecule has 0 spiro atoms. The Bertz CT molecular complexity index is 1450. The smallest absolute Gasteiger partial charge is 0.274 e. The van der Waals surface area contributed by atoms with Crippen LogP contribution in [0.3, 0.4) is 0 Å². The van der Waals surface area contributed by atoms with E-state index in [1.165, 1.54) is 10.9 Å². The normalized spacial score (nSPS) is 17.2. The first-order valence-corrected chi connectivity index (χ1v) is 15.3. The van der Waals surface area contributed by atoms with Crippen LogP contribution in [0.4, 0.5) is 17.3 Å². The van der Waals surface area contributed by atoms with Crippen molar-refractivity contribution in [2.24, 2.45) is 7.05 Å². The van der Waals surface area contributed by atoms with Crippen LogP contribution in [0.1, 0.15) is 44.4 Å². The highest BCUT2D eigenvalue weighted by Crippen LogP contribution is 2.43. The molecule has 2 aromatic heterocycles. The molecule has 10 heteroatoms. The summed E-state index contributed by atoms with van der Waals surface area (Å²) >= 11 is 0.